The van der Waals surface area contributed by atoms with E-state index in [2.05, 4.69) is 22.2 Å². The van der Waals surface area contributed by atoms with Crippen LogP contribution in [-0.4, -0.2) is 30.6 Å². The molecule has 1 unspecified atom stereocenters. The predicted octanol–water partition coefficient (Wildman–Crippen LogP) is 2.54. The molecule has 1 fully saturated rings. The lowest BCUT2D eigenvalue weighted by Gasteiger charge is -2.23. The van der Waals surface area contributed by atoms with Crippen molar-refractivity contribution in [3.8, 4) is 0 Å². The first-order valence-corrected chi connectivity index (χ1v) is 6.47. The zero-order valence-electron chi connectivity index (χ0n) is 6.94. The Morgan fingerprint density at radius 2 is 2.45 bits per heavy atom. The highest BCUT2D eigenvalue weighted by atomic mass is 79.9. The van der Waals surface area contributed by atoms with E-state index in [1.807, 2.05) is 11.8 Å². The predicted molar refractivity (Wildman–Crippen MR) is 54.7 cm³/mol. The Morgan fingerprint density at radius 1 is 1.64 bits per heavy atom. The summed E-state index contributed by atoms with van der Waals surface area (Å²) in [6.45, 7) is 1.92. The van der Waals surface area contributed by atoms with Crippen molar-refractivity contribution in [2.24, 2.45) is 5.41 Å². The number of hydrogen-bond donors (Lipinski definition) is 0. The van der Waals surface area contributed by atoms with Gasteiger partial charge in [-0.15, -0.1) is 0 Å². The Morgan fingerprint density at radius 3 is 2.91 bits per heavy atom. The van der Waals surface area contributed by atoms with E-state index < -0.39 is 0 Å². The molecule has 0 spiro atoms. The topological polar surface area (TPSA) is 9.23 Å². The molecular weight excluding hydrogens is 224 g/mol. The fraction of sp³-hybridized carbons (Fsp3) is 1.00. The van der Waals surface area contributed by atoms with Crippen molar-refractivity contribution in [3.63, 3.8) is 0 Å². The molecule has 11 heavy (non-hydrogen) atoms. The normalized spacial score (nSPS) is 31.1. The van der Waals surface area contributed by atoms with Gasteiger partial charge in [-0.05, 0) is 24.9 Å². The second-order valence-electron chi connectivity index (χ2n) is 3.18. The van der Waals surface area contributed by atoms with Crippen LogP contribution >= 0.6 is 27.7 Å². The van der Waals surface area contributed by atoms with Crippen LogP contribution in [0.5, 0.6) is 0 Å². The monoisotopic (exact) mass is 238 g/mol. The standard InChI is InChI=1S/C8H15BrOS/c1-11-5-3-8(6-9)2-4-10-7-8/h2-7H2,1H3. The summed E-state index contributed by atoms with van der Waals surface area (Å²) < 4.78 is 5.41. The summed E-state index contributed by atoms with van der Waals surface area (Å²) in [5.41, 5.74) is 0.461. The van der Waals surface area contributed by atoms with E-state index in [1.165, 1.54) is 18.6 Å². The van der Waals surface area contributed by atoms with Crippen LogP contribution in [0.25, 0.3) is 0 Å². The summed E-state index contributed by atoms with van der Waals surface area (Å²) in [7, 11) is 0. The molecule has 0 aliphatic carbocycles. The average molecular weight is 239 g/mol. The number of alkyl halides is 1. The number of hydrogen-bond acceptors (Lipinski definition) is 2. The van der Waals surface area contributed by atoms with Crippen LogP contribution < -0.4 is 0 Å². The molecule has 66 valence electrons. The Bertz CT molecular complexity index is 113. The molecule has 0 bridgehead atoms. The maximum Gasteiger partial charge on any atom is 0.0531 e. The fourth-order valence-electron chi connectivity index (χ4n) is 1.34. The zero-order valence-corrected chi connectivity index (χ0v) is 9.34. The molecule has 1 heterocycles. The van der Waals surface area contributed by atoms with Crippen LogP contribution in [0.4, 0.5) is 0 Å². The summed E-state index contributed by atoms with van der Waals surface area (Å²) in [5, 5.41) is 1.10. The van der Waals surface area contributed by atoms with Crippen molar-refractivity contribution in [1.29, 1.82) is 0 Å². The second kappa shape index (κ2) is 4.73. The first-order chi connectivity index (χ1) is 5.33. The molecule has 0 aromatic carbocycles. The van der Waals surface area contributed by atoms with Crippen molar-refractivity contribution in [2.75, 3.05) is 30.6 Å². The minimum absolute atomic E-state index is 0.461. The maximum atomic E-state index is 5.41. The van der Waals surface area contributed by atoms with Crippen molar-refractivity contribution >= 4 is 27.7 Å². The minimum Gasteiger partial charge on any atom is -0.381 e. The van der Waals surface area contributed by atoms with Crippen LogP contribution in [-0.2, 0) is 4.74 Å². The first-order valence-electron chi connectivity index (χ1n) is 3.96. The van der Waals surface area contributed by atoms with Gasteiger partial charge in [0, 0.05) is 17.4 Å². The van der Waals surface area contributed by atoms with Gasteiger partial charge in [-0.25, -0.2) is 0 Å². The summed E-state index contributed by atoms with van der Waals surface area (Å²) in [5.74, 6) is 1.26. The first kappa shape index (κ1) is 9.87. The summed E-state index contributed by atoms with van der Waals surface area (Å²) in [6, 6.07) is 0. The van der Waals surface area contributed by atoms with Crippen molar-refractivity contribution < 1.29 is 4.74 Å². The third-order valence-corrected chi connectivity index (χ3v) is 4.11. The molecule has 0 N–H and O–H groups in total. The van der Waals surface area contributed by atoms with Gasteiger partial charge >= 0.3 is 0 Å². The average Bonchev–Trinajstić information content (AvgIpc) is 2.50. The molecule has 0 radical (unpaired) electrons. The largest absolute Gasteiger partial charge is 0.381 e. The highest BCUT2D eigenvalue weighted by Gasteiger charge is 2.32. The lowest BCUT2D eigenvalue weighted by atomic mass is 9.87. The number of thioether (sulfide) groups is 1. The van der Waals surface area contributed by atoms with Gasteiger partial charge in [-0.3, -0.25) is 0 Å². The Kier molecular flexibility index (Phi) is 4.24. The highest BCUT2D eigenvalue weighted by molar-refractivity contribution is 9.09. The van der Waals surface area contributed by atoms with Crippen LogP contribution in [0.15, 0.2) is 0 Å². The third kappa shape index (κ3) is 2.63. The fourth-order valence-corrected chi connectivity index (χ4v) is 2.70. The molecule has 1 aliphatic rings. The molecule has 1 aliphatic heterocycles. The lowest BCUT2D eigenvalue weighted by molar-refractivity contribution is 0.160. The van der Waals surface area contributed by atoms with Crippen molar-refractivity contribution in [2.45, 2.75) is 12.8 Å². The number of rotatable bonds is 4. The molecule has 0 aromatic heterocycles. The van der Waals surface area contributed by atoms with Crippen molar-refractivity contribution in [1.82, 2.24) is 0 Å². The van der Waals surface area contributed by atoms with E-state index in [4.69, 9.17) is 4.74 Å². The van der Waals surface area contributed by atoms with Gasteiger partial charge in [0.15, 0.2) is 0 Å². The van der Waals surface area contributed by atoms with E-state index >= 15 is 0 Å². The molecule has 0 saturated carbocycles. The van der Waals surface area contributed by atoms with E-state index in [-0.39, 0.29) is 0 Å². The second-order valence-corrected chi connectivity index (χ2v) is 4.73. The van der Waals surface area contributed by atoms with Crippen molar-refractivity contribution in [3.05, 3.63) is 0 Å². The van der Waals surface area contributed by atoms with Crippen LogP contribution in [0, 0.1) is 5.41 Å². The van der Waals surface area contributed by atoms with Gasteiger partial charge in [0.1, 0.15) is 0 Å². The Hall–Kier alpha value is 0.790. The van der Waals surface area contributed by atoms with Gasteiger partial charge in [-0.1, -0.05) is 15.9 Å². The zero-order chi connectivity index (χ0) is 8.16. The van der Waals surface area contributed by atoms with Crippen LogP contribution in [0.1, 0.15) is 12.8 Å². The number of ether oxygens (including phenoxy) is 1. The maximum absolute atomic E-state index is 5.41. The highest BCUT2D eigenvalue weighted by Crippen LogP contribution is 2.34. The smallest absolute Gasteiger partial charge is 0.0531 e. The van der Waals surface area contributed by atoms with Gasteiger partial charge in [0.2, 0.25) is 0 Å². The van der Waals surface area contributed by atoms with E-state index in [0.717, 1.165) is 18.5 Å². The molecular formula is C8H15BrOS. The molecule has 1 nitrogen and oxygen atoms in total. The van der Waals surface area contributed by atoms with E-state index in [0.29, 0.717) is 5.41 Å². The summed E-state index contributed by atoms with van der Waals surface area (Å²) in [4.78, 5) is 0. The van der Waals surface area contributed by atoms with Gasteiger partial charge < -0.3 is 4.74 Å². The number of halogens is 1. The molecule has 1 rings (SSSR count). The molecule has 1 atom stereocenters. The molecule has 0 amide bonds. The summed E-state index contributed by atoms with van der Waals surface area (Å²) in [6.07, 6.45) is 4.69. The molecule has 0 aromatic rings. The van der Waals surface area contributed by atoms with Gasteiger partial charge in [0.25, 0.3) is 0 Å². The quantitative estimate of drug-likeness (QED) is 0.697. The SMILES string of the molecule is CSCCC1(CBr)CCOC1. The molecule has 3 heteroatoms. The third-order valence-electron chi connectivity index (χ3n) is 2.30. The van der Waals surface area contributed by atoms with Gasteiger partial charge in [-0.2, -0.15) is 11.8 Å². The Balaban J connectivity index is 2.33. The van der Waals surface area contributed by atoms with E-state index in [1.54, 1.807) is 0 Å². The molecule has 1 saturated heterocycles. The Labute approximate surface area is 81.4 Å². The van der Waals surface area contributed by atoms with E-state index in [9.17, 15) is 0 Å². The summed E-state index contributed by atoms with van der Waals surface area (Å²) >= 11 is 5.50. The minimum atomic E-state index is 0.461. The lowest BCUT2D eigenvalue weighted by Crippen LogP contribution is -2.23. The van der Waals surface area contributed by atoms with Crippen LogP contribution in [0.3, 0.4) is 0 Å². The van der Waals surface area contributed by atoms with Crippen LogP contribution in [0.2, 0.25) is 0 Å². The van der Waals surface area contributed by atoms with Gasteiger partial charge in [0.05, 0.1) is 6.61 Å².